The van der Waals surface area contributed by atoms with E-state index in [2.05, 4.69) is 494 Å². The van der Waals surface area contributed by atoms with E-state index in [-0.39, 0.29) is 37.7 Å². The Morgan fingerprint density at radius 1 is 0.380 bits per heavy atom. The summed E-state index contributed by atoms with van der Waals surface area (Å²) >= 11 is 50.8. The van der Waals surface area contributed by atoms with Crippen molar-refractivity contribution in [3.8, 4) is 16.8 Å². The summed E-state index contributed by atoms with van der Waals surface area (Å²) in [5.41, 5.74) is 23.6. The Kier molecular flexibility index (Phi) is 40.1. The summed E-state index contributed by atoms with van der Waals surface area (Å²) < 4.78 is 2.45. The van der Waals surface area contributed by atoms with E-state index in [1.165, 1.54) is 157 Å². The van der Waals surface area contributed by atoms with Crippen molar-refractivity contribution in [2.75, 3.05) is 9.80 Å². The normalized spacial score (nSPS) is 21.8. The quantitative estimate of drug-likeness (QED) is 0.0948. The Bertz CT molecular complexity index is 4280. The van der Waals surface area contributed by atoms with Crippen molar-refractivity contribution in [1.29, 1.82) is 0 Å². The molecule has 3 heterocycles. The summed E-state index contributed by atoms with van der Waals surface area (Å²) in [6.45, 7) is 18.8. The second kappa shape index (κ2) is 42.7. The number of hydrogen-bond donors (Lipinski definition) is 0. The van der Waals surface area contributed by atoms with Crippen LogP contribution in [-0.4, -0.2) is 15.6 Å². The fourth-order valence-corrected chi connectivity index (χ4v) is 4420. The summed E-state index contributed by atoms with van der Waals surface area (Å²) in [7, 11) is -5.18. The van der Waals surface area contributed by atoms with Gasteiger partial charge in [0, 0.05) is 55.1 Å². The van der Waals surface area contributed by atoms with Gasteiger partial charge in [0.05, 0.1) is 22.1 Å². The first-order valence-corrected chi connectivity index (χ1v) is 195. The number of aryl methyl sites for hydroxylation is 4. The van der Waals surface area contributed by atoms with Crippen LogP contribution in [0.15, 0.2) is 170 Å². The topological polar surface area (TPSA) is 11.4 Å². The zero-order chi connectivity index (χ0) is 72.1. The maximum atomic E-state index is 6.41. The molecule has 9 aromatic rings. The summed E-state index contributed by atoms with van der Waals surface area (Å²) in [5.74, 6) is 0. The number of nitrogens with zero attached hydrogens (tertiary/aromatic N) is 3. The first-order valence-electron chi connectivity index (χ1n) is 30.8. The minimum absolute atomic E-state index is 0.0628. The van der Waals surface area contributed by atoms with Crippen LogP contribution in [0.4, 0.5) is 22.7 Å². The minimum atomic E-state index is -0.463. The zero-order valence-electron chi connectivity index (χ0n) is 54.5. The summed E-state index contributed by atoms with van der Waals surface area (Å²) in [4.78, 5) is 5.28. The van der Waals surface area contributed by atoms with Gasteiger partial charge in [-0.1, -0.05) is 171 Å². The van der Waals surface area contributed by atoms with E-state index in [1.807, 2.05) is 6.07 Å². The van der Waals surface area contributed by atoms with Crippen LogP contribution in [0.25, 0.3) is 38.6 Å². The smallest absolute Gasteiger partial charge is 0.00135 e. The van der Waals surface area contributed by atoms with Gasteiger partial charge < -0.3 is 14.4 Å². The van der Waals surface area contributed by atoms with Crippen molar-refractivity contribution >= 4 is 412 Å². The zero-order valence-corrected chi connectivity index (χ0v) is 113. The average molecular weight is 4400 g/mol. The SMILES string of the molecule is Cc1cc(Cl)cc(N2c3ccc(C)cc3C3(C)CCCCC23C)c1.Cc1cc(N2c3ccc(C)cc3C3(C)CCCCC23C)cc(-n2c3ccccc3c3ccccc32)c1.I[I-]I(I)I(I)I(I)I(I)I(I)I(I)I(I)I(I)I(I)I(I)I(I)I(I)I.c1ccc2c(c1)Cc1ccccc1-2. The molecule has 0 spiro atoms. The molecule has 2 fully saturated rings. The van der Waals surface area contributed by atoms with Gasteiger partial charge in [0.1, 0.15) is 0 Å². The Hall–Kier alpha value is 13.2. The Morgan fingerprint density at radius 3 is 1.18 bits per heavy atom. The van der Waals surface area contributed by atoms with E-state index in [4.69, 9.17) is 11.6 Å². The van der Waals surface area contributed by atoms with E-state index in [9.17, 15) is 0 Å². The van der Waals surface area contributed by atoms with Gasteiger partial charge in [-0.05, 0) is 179 Å². The molecule has 3 aliphatic carbocycles. The first-order chi connectivity index (χ1) is 47.5. The molecule has 0 saturated heterocycles. The fraction of sp³-hybridized carbons (Fsp3) is 0.304. The molecule has 0 radical (unpaired) electrons. The average Bonchev–Trinajstić information content (AvgIpc) is 1.54. The first kappa shape index (κ1) is 93.8. The number of halogens is 28. The van der Waals surface area contributed by atoms with Crippen LogP contribution >= 0.6 is 367 Å². The number of anilines is 4. The van der Waals surface area contributed by atoms with Gasteiger partial charge in [0.2, 0.25) is 0 Å². The fourth-order valence-electron chi connectivity index (χ4n) is 15.0. The minimum Gasteiger partial charge on any atom is -0.0619 e. The van der Waals surface area contributed by atoms with Crippen molar-refractivity contribution in [1.82, 2.24) is 4.57 Å². The van der Waals surface area contributed by atoms with Gasteiger partial charge in [0.15, 0.2) is 0 Å². The van der Waals surface area contributed by atoms with Crippen LogP contribution in [0, 0.1) is 27.7 Å². The molecule has 558 valence electrons. The third-order valence-corrected chi connectivity index (χ3v) is 1920. The molecule has 5 aliphatic rings. The van der Waals surface area contributed by atoms with Crippen LogP contribution in [-0.2, 0) is 17.3 Å². The molecule has 0 N–H and O–H groups in total. The third kappa shape index (κ3) is 21.0. The summed E-state index contributed by atoms with van der Waals surface area (Å²) in [6, 6.07) is 62.6. The maximum Gasteiger partial charge on any atom is -0.00135 e. The Balaban J connectivity index is 0.000000141. The molecule has 3 nitrogen and oxygen atoms in total. The Labute approximate surface area is 785 Å². The monoisotopic (exact) mass is 4400 g/mol. The van der Waals surface area contributed by atoms with Gasteiger partial charge in [-0.25, -0.2) is 0 Å². The molecule has 1 aromatic heterocycles. The molecule has 2 saturated carbocycles. The number of aromatic nitrogens is 1. The maximum absolute atomic E-state index is 6.41. The second-order valence-corrected chi connectivity index (χ2v) is 627. The molecule has 100 heavy (non-hydrogen) atoms. The molecular formula is C69H70ClI27N3-. The van der Waals surface area contributed by atoms with Crippen molar-refractivity contribution < 1.29 is 13.3 Å². The molecule has 0 amide bonds. The van der Waals surface area contributed by atoms with Crippen LogP contribution < -0.4 is 23.1 Å². The molecular weight excluding hydrogens is 4330 g/mol. The number of fused-ring (bicyclic) bond motifs is 12. The van der Waals surface area contributed by atoms with Gasteiger partial charge in [-0.2, -0.15) is 0 Å². The standard InChI is InChI=1S/C34H34N2.C22H26ClN.C13H10.I27/c1-23-15-16-32-29(21-23)33(3)17-9-10-18-34(33,4)36(32)26-20-24(2)19-25(22-26)35-30-13-7-5-11-27(30)28-12-6-8-14-31(28)35;1-15-7-8-20-19(13-15)21(3)9-5-6-10-22(21,4)24(20)18-12-16(2)11-17(23)14-18;1-3-7-12-10(5-1)9-11-6-2-4-8-13(11)12;1-15-17(4)19(6)21(8)23(10)25(12)27(14)26(13)24(11)22(9)20(7)18(5)16(2)3/h5-8,11-16,19-22H,9-10,17-18H2,1-4H3;7-8,11-14H,5-6,9-10H2,1-4H3;1-8H,9H2;/q;;;-1. The van der Waals surface area contributed by atoms with Crippen molar-refractivity contribution in [3.05, 3.63) is 219 Å². The van der Waals surface area contributed by atoms with Crippen molar-refractivity contribution in [3.63, 3.8) is 0 Å². The summed E-state index contributed by atoms with van der Waals surface area (Å²) in [6.07, 6.45) is 11.3. The number of benzene rings is 8. The van der Waals surface area contributed by atoms with Crippen LogP contribution in [0.5, 0.6) is 0 Å². The summed E-state index contributed by atoms with van der Waals surface area (Å²) in [5, 5.41) is 3.45. The molecule has 14 rings (SSSR count). The van der Waals surface area contributed by atoms with Crippen molar-refractivity contribution in [2.45, 2.75) is 135 Å². The van der Waals surface area contributed by atoms with E-state index >= 15 is 0 Å². The predicted molar refractivity (Wildman–Crippen MR) is 676 cm³/mol. The molecule has 31 heteroatoms. The number of hydrogen-bond acceptors (Lipinski definition) is 2. The molecule has 0 bridgehead atoms. The molecule has 4 atom stereocenters. The van der Waals surface area contributed by atoms with Crippen LogP contribution in [0.1, 0.15) is 124 Å². The number of rotatable bonds is 15. The molecule has 4 unspecified atom stereocenters. The van der Waals surface area contributed by atoms with Gasteiger partial charge in [-0.15, -0.1) is 0 Å². The van der Waals surface area contributed by atoms with Crippen LogP contribution in [0.3, 0.4) is 0 Å². The van der Waals surface area contributed by atoms with E-state index in [0.717, 1.165) is 11.4 Å². The van der Waals surface area contributed by atoms with E-state index < -0.39 is 78.9 Å². The van der Waals surface area contributed by atoms with E-state index in [0.29, 0.717) is 13.3 Å². The largest absolute Gasteiger partial charge is 0.0619 e. The Morgan fingerprint density at radius 2 is 0.750 bits per heavy atom. The molecule has 2 aliphatic heterocycles. The second-order valence-electron chi connectivity index (χ2n) is 25.2. The molecule has 8 aromatic carbocycles. The number of para-hydroxylation sites is 2. The predicted octanol–water partition coefficient (Wildman–Crippen LogP) is 39.1. The van der Waals surface area contributed by atoms with Crippen LogP contribution in [0.2, 0.25) is 5.02 Å². The third-order valence-electron chi connectivity index (χ3n) is 19.6. The van der Waals surface area contributed by atoms with Crippen molar-refractivity contribution in [2.24, 2.45) is 0 Å². The van der Waals surface area contributed by atoms with E-state index in [1.54, 1.807) is 0 Å². The van der Waals surface area contributed by atoms with Gasteiger partial charge in [0.25, 0.3) is 0 Å². The van der Waals surface area contributed by atoms with Gasteiger partial charge >= 0.3 is 369 Å². The van der Waals surface area contributed by atoms with Gasteiger partial charge in [-0.3, -0.25) is 0 Å².